The van der Waals surface area contributed by atoms with Crippen molar-refractivity contribution in [2.45, 2.75) is 50.5 Å². The lowest BCUT2D eigenvalue weighted by atomic mass is 9.92. The van der Waals surface area contributed by atoms with Gasteiger partial charge in [-0.25, -0.2) is 13.8 Å². The van der Waals surface area contributed by atoms with Crippen LogP contribution < -0.4 is 14.4 Å². The number of alkyl halides is 2. The molecule has 39 heavy (non-hydrogen) atoms. The molecule has 3 unspecified atom stereocenters. The van der Waals surface area contributed by atoms with Crippen LogP contribution in [-0.4, -0.2) is 66.8 Å². The molecule has 1 N–H and O–H groups in total. The fourth-order valence-electron chi connectivity index (χ4n) is 6.58. The first-order valence-electron chi connectivity index (χ1n) is 14.1. The zero-order chi connectivity index (χ0) is 27.1. The number of benzene rings is 1. The van der Waals surface area contributed by atoms with Gasteiger partial charge in [-0.3, -0.25) is 9.69 Å². The Morgan fingerprint density at radius 3 is 2.54 bits per heavy atom. The molecule has 2 aliphatic heterocycles. The summed E-state index contributed by atoms with van der Waals surface area (Å²) >= 11 is 0. The summed E-state index contributed by atoms with van der Waals surface area (Å²) in [6.45, 7) is 3.95. The van der Waals surface area contributed by atoms with Gasteiger partial charge in [-0.05, 0) is 66.7 Å². The van der Waals surface area contributed by atoms with Gasteiger partial charge in [-0.1, -0.05) is 6.07 Å². The number of rotatable bonds is 11. The summed E-state index contributed by atoms with van der Waals surface area (Å²) in [6.07, 6.45) is 5.97. The molecule has 9 heteroatoms. The molecule has 210 valence electrons. The summed E-state index contributed by atoms with van der Waals surface area (Å²) in [7, 11) is 1.66. The zero-order valence-electron chi connectivity index (χ0n) is 22.4. The van der Waals surface area contributed by atoms with E-state index in [2.05, 4.69) is 26.9 Å². The van der Waals surface area contributed by atoms with Crippen molar-refractivity contribution < 1.29 is 28.2 Å². The predicted molar refractivity (Wildman–Crippen MR) is 143 cm³/mol. The van der Waals surface area contributed by atoms with Crippen LogP contribution >= 0.6 is 0 Å². The number of hydrogen-bond donors (Lipinski definition) is 1. The van der Waals surface area contributed by atoms with Gasteiger partial charge >= 0.3 is 5.97 Å². The predicted octanol–water partition coefficient (Wildman–Crippen LogP) is 5.05. The van der Waals surface area contributed by atoms with Crippen molar-refractivity contribution >= 4 is 11.7 Å². The van der Waals surface area contributed by atoms with Crippen LogP contribution in [0.3, 0.4) is 0 Å². The summed E-state index contributed by atoms with van der Waals surface area (Å²) in [5.41, 5.74) is 3.28. The maximum Gasteiger partial charge on any atom is 0.303 e. The van der Waals surface area contributed by atoms with E-state index in [0.717, 1.165) is 61.3 Å². The van der Waals surface area contributed by atoms with Crippen LogP contribution in [0, 0.1) is 23.7 Å². The van der Waals surface area contributed by atoms with Crippen LogP contribution in [-0.2, 0) is 11.3 Å². The number of carboxylic acids is 1. The zero-order valence-corrected chi connectivity index (χ0v) is 22.4. The highest BCUT2D eigenvalue weighted by Gasteiger charge is 2.71. The highest BCUT2D eigenvalue weighted by Crippen LogP contribution is 2.59. The maximum atomic E-state index is 13.7. The van der Waals surface area contributed by atoms with Gasteiger partial charge in [0.25, 0.3) is 5.92 Å². The SMILES string of the molecule is COc1ccc(CN2CC3C(C2)C3(F)F)c(N2CCC(COc3cc(C(CC(=O)O)C4CC4)ccn3)CC2)c1. The van der Waals surface area contributed by atoms with Gasteiger partial charge in [0.1, 0.15) is 5.75 Å². The number of hydrogen-bond acceptors (Lipinski definition) is 6. The molecule has 2 aromatic rings. The number of pyridine rings is 1. The monoisotopic (exact) mass is 541 g/mol. The standard InChI is InChI=1S/C30H37F2N3O4/c1-38-23-5-4-22(15-34-16-25-26(17-34)30(25,31)32)27(13-23)35-10-7-19(8-11-35)18-39-28-12-21(6-9-33-28)24(14-29(36)37)20-2-3-20/h4-6,9,12-13,19-20,24-26H,2-3,7-8,10-11,14-18H2,1H3,(H,36,37). The van der Waals surface area contributed by atoms with Crippen molar-refractivity contribution in [2.24, 2.45) is 23.7 Å². The number of fused-ring (bicyclic) bond motifs is 1. The molecule has 0 amide bonds. The first-order valence-corrected chi connectivity index (χ1v) is 14.1. The second-order valence-corrected chi connectivity index (χ2v) is 11.8. The van der Waals surface area contributed by atoms with Gasteiger partial charge in [0.2, 0.25) is 5.88 Å². The highest BCUT2D eigenvalue weighted by molar-refractivity contribution is 5.68. The van der Waals surface area contributed by atoms with E-state index in [9.17, 15) is 18.7 Å². The Labute approximate surface area is 228 Å². The molecule has 7 nitrogen and oxygen atoms in total. The van der Waals surface area contributed by atoms with Crippen LogP contribution in [0.1, 0.15) is 49.1 Å². The van der Waals surface area contributed by atoms with E-state index in [4.69, 9.17) is 9.47 Å². The number of halogens is 2. The lowest BCUT2D eigenvalue weighted by Gasteiger charge is -2.35. The summed E-state index contributed by atoms with van der Waals surface area (Å²) in [6, 6.07) is 9.93. The van der Waals surface area contributed by atoms with Crippen LogP contribution in [0.15, 0.2) is 36.5 Å². The Morgan fingerprint density at radius 2 is 1.87 bits per heavy atom. The van der Waals surface area contributed by atoms with Crippen molar-refractivity contribution in [1.29, 1.82) is 0 Å². The van der Waals surface area contributed by atoms with Crippen molar-refractivity contribution in [2.75, 3.05) is 44.8 Å². The van der Waals surface area contributed by atoms with E-state index in [0.29, 0.717) is 44.0 Å². The molecular formula is C30H37F2N3O4. The van der Waals surface area contributed by atoms with Gasteiger partial charge in [-0.15, -0.1) is 0 Å². The topological polar surface area (TPSA) is 75.1 Å². The van der Waals surface area contributed by atoms with Gasteiger partial charge in [0.15, 0.2) is 0 Å². The molecule has 3 atom stereocenters. The molecule has 3 heterocycles. The third-order valence-electron chi connectivity index (χ3n) is 9.16. The average Bonchev–Trinajstić information content (AvgIpc) is 3.80. The molecule has 1 aromatic carbocycles. The first-order chi connectivity index (χ1) is 18.8. The Balaban J connectivity index is 1.04. The number of likely N-dealkylation sites (tertiary alicyclic amines) is 1. The van der Waals surface area contributed by atoms with Crippen molar-refractivity contribution in [3.8, 4) is 11.6 Å². The highest BCUT2D eigenvalue weighted by atomic mass is 19.3. The van der Waals surface area contributed by atoms with Crippen LogP contribution in [0.2, 0.25) is 0 Å². The van der Waals surface area contributed by atoms with Crippen LogP contribution in [0.25, 0.3) is 0 Å². The van der Waals surface area contributed by atoms with Gasteiger partial charge in [0.05, 0.1) is 20.1 Å². The normalized spacial score (nSPS) is 25.3. The fourth-order valence-corrected chi connectivity index (χ4v) is 6.58. The number of aliphatic carboxylic acids is 1. The van der Waals surface area contributed by atoms with Crippen molar-refractivity contribution in [3.63, 3.8) is 0 Å². The van der Waals surface area contributed by atoms with E-state index in [-0.39, 0.29) is 12.3 Å². The number of carboxylic acid groups (broad SMARTS) is 1. The maximum absolute atomic E-state index is 13.7. The molecule has 0 bridgehead atoms. The summed E-state index contributed by atoms with van der Waals surface area (Å²) in [5, 5.41) is 9.33. The number of piperidine rings is 2. The Morgan fingerprint density at radius 1 is 1.13 bits per heavy atom. The number of methoxy groups -OCH3 is 1. The lowest BCUT2D eigenvalue weighted by Crippen LogP contribution is -2.36. The number of anilines is 1. The molecule has 2 saturated carbocycles. The van der Waals surface area contributed by atoms with Crippen LogP contribution in [0.4, 0.5) is 14.5 Å². The van der Waals surface area contributed by atoms with E-state index in [1.165, 1.54) is 0 Å². The molecule has 0 spiro atoms. The lowest BCUT2D eigenvalue weighted by molar-refractivity contribution is -0.137. The fraction of sp³-hybridized carbons (Fsp3) is 0.600. The first kappa shape index (κ1) is 26.3. The van der Waals surface area contributed by atoms with E-state index in [1.807, 2.05) is 18.2 Å². The van der Waals surface area contributed by atoms with Crippen molar-refractivity contribution in [3.05, 3.63) is 47.7 Å². The molecule has 4 aliphatic rings. The largest absolute Gasteiger partial charge is 0.497 e. The second-order valence-electron chi connectivity index (χ2n) is 11.8. The molecule has 4 fully saturated rings. The second kappa shape index (κ2) is 10.6. The van der Waals surface area contributed by atoms with Crippen LogP contribution in [0.5, 0.6) is 11.6 Å². The van der Waals surface area contributed by atoms with Gasteiger partial charge < -0.3 is 19.5 Å². The molecule has 6 rings (SSSR count). The third kappa shape index (κ3) is 5.69. The minimum atomic E-state index is -2.46. The summed E-state index contributed by atoms with van der Waals surface area (Å²) in [4.78, 5) is 20.3. The smallest absolute Gasteiger partial charge is 0.303 e. The number of carbonyl (C=O) groups is 1. The number of ether oxygens (including phenoxy) is 2. The van der Waals surface area contributed by atoms with Gasteiger partial charge in [-0.2, -0.15) is 0 Å². The Hall–Kier alpha value is -2.94. The quantitative estimate of drug-likeness (QED) is 0.427. The Bertz CT molecular complexity index is 1180. The minimum Gasteiger partial charge on any atom is -0.497 e. The molecule has 2 aliphatic carbocycles. The van der Waals surface area contributed by atoms with E-state index in [1.54, 1.807) is 13.3 Å². The van der Waals surface area contributed by atoms with Crippen molar-refractivity contribution in [1.82, 2.24) is 9.88 Å². The summed E-state index contributed by atoms with van der Waals surface area (Å²) in [5.74, 6) is -1.94. The third-order valence-corrected chi connectivity index (χ3v) is 9.16. The minimum absolute atomic E-state index is 0.0241. The number of nitrogens with zero attached hydrogens (tertiary/aromatic N) is 3. The van der Waals surface area contributed by atoms with E-state index < -0.39 is 23.7 Å². The molecule has 1 aromatic heterocycles. The molecule has 0 radical (unpaired) electrons. The number of aromatic nitrogens is 1. The Kier molecular flexibility index (Phi) is 7.12. The van der Waals surface area contributed by atoms with E-state index >= 15 is 0 Å². The molecular weight excluding hydrogens is 504 g/mol. The average molecular weight is 542 g/mol. The van der Waals surface area contributed by atoms with Gasteiger partial charge in [0, 0.05) is 68.6 Å². The summed E-state index contributed by atoms with van der Waals surface area (Å²) < 4.78 is 39.0. The molecule has 2 saturated heterocycles.